The summed E-state index contributed by atoms with van der Waals surface area (Å²) in [6, 6.07) is 8.25. The number of aryl methyl sites for hydroxylation is 4. The molecule has 2 aromatic rings. The van der Waals surface area contributed by atoms with Crippen molar-refractivity contribution < 1.29 is 13.9 Å². The number of benzene rings is 1. The minimum absolute atomic E-state index is 0.249. The third-order valence-corrected chi connectivity index (χ3v) is 3.41. The van der Waals surface area contributed by atoms with Crippen LogP contribution in [0.25, 0.3) is 0 Å². The lowest BCUT2D eigenvalue weighted by Gasteiger charge is -2.02. The van der Waals surface area contributed by atoms with Gasteiger partial charge in [0.15, 0.2) is 5.89 Å². The fourth-order valence-electron chi connectivity index (χ4n) is 2.24. The molecule has 0 fully saturated rings. The smallest absolute Gasteiger partial charge is 0.376 e. The average Bonchev–Trinajstić information content (AvgIpc) is 2.90. The first-order chi connectivity index (χ1) is 10.2. The van der Waals surface area contributed by atoms with E-state index in [0.29, 0.717) is 31.0 Å². The molecule has 0 amide bonds. The highest BCUT2D eigenvalue weighted by molar-refractivity contribution is 5.87. The lowest BCUT2D eigenvalue weighted by molar-refractivity contribution is 0.0486. The monoisotopic (exact) mass is 287 g/mol. The van der Waals surface area contributed by atoms with Gasteiger partial charge in [-0.05, 0) is 37.8 Å². The summed E-state index contributed by atoms with van der Waals surface area (Å²) in [5.41, 5.74) is 3.20. The van der Waals surface area contributed by atoms with E-state index in [-0.39, 0.29) is 5.76 Å². The van der Waals surface area contributed by atoms with E-state index in [1.807, 2.05) is 19.1 Å². The maximum absolute atomic E-state index is 11.8. The summed E-state index contributed by atoms with van der Waals surface area (Å²) in [6.45, 7) is 6.15. The summed E-state index contributed by atoms with van der Waals surface area (Å²) in [7, 11) is 0. The molecule has 2 rings (SSSR count). The molecule has 0 bridgehead atoms. The zero-order chi connectivity index (χ0) is 15.2. The summed E-state index contributed by atoms with van der Waals surface area (Å²) in [6.07, 6.45) is 2.18. The topological polar surface area (TPSA) is 52.3 Å². The van der Waals surface area contributed by atoms with Gasteiger partial charge in [-0.3, -0.25) is 0 Å². The predicted molar refractivity (Wildman–Crippen MR) is 80.4 cm³/mol. The Labute approximate surface area is 125 Å². The Bertz CT molecular complexity index is 616. The Morgan fingerprint density at radius 2 is 2.00 bits per heavy atom. The van der Waals surface area contributed by atoms with E-state index in [1.165, 1.54) is 11.1 Å². The quantitative estimate of drug-likeness (QED) is 0.763. The average molecular weight is 287 g/mol. The molecule has 4 nitrogen and oxygen atoms in total. The molecule has 1 heterocycles. The van der Waals surface area contributed by atoms with Crippen LogP contribution < -0.4 is 0 Å². The van der Waals surface area contributed by atoms with Crippen LogP contribution in [0.5, 0.6) is 0 Å². The lowest BCUT2D eigenvalue weighted by Crippen LogP contribution is -2.05. The number of hydrogen-bond donors (Lipinski definition) is 0. The Morgan fingerprint density at radius 1 is 1.24 bits per heavy atom. The van der Waals surface area contributed by atoms with Crippen LogP contribution in [-0.2, 0) is 24.0 Å². The number of hydrogen-bond acceptors (Lipinski definition) is 4. The largest absolute Gasteiger partial charge is 0.460 e. The summed E-state index contributed by atoms with van der Waals surface area (Å²) in [5, 5.41) is 0. The zero-order valence-electron chi connectivity index (χ0n) is 12.8. The molecule has 0 atom stereocenters. The van der Waals surface area contributed by atoms with Crippen LogP contribution in [-0.4, -0.2) is 17.6 Å². The van der Waals surface area contributed by atoms with Crippen LogP contribution in [0.2, 0.25) is 0 Å². The van der Waals surface area contributed by atoms with Crippen LogP contribution >= 0.6 is 0 Å². The molecule has 0 N–H and O–H groups in total. The predicted octanol–water partition coefficient (Wildman–Crippen LogP) is 3.51. The Hall–Kier alpha value is -2.10. The first kappa shape index (κ1) is 15.3. The van der Waals surface area contributed by atoms with Crippen molar-refractivity contribution in [1.29, 1.82) is 0 Å². The van der Waals surface area contributed by atoms with Crippen LogP contribution in [0.3, 0.4) is 0 Å². The third-order valence-electron chi connectivity index (χ3n) is 3.41. The van der Waals surface area contributed by atoms with Gasteiger partial charge in [-0.15, -0.1) is 0 Å². The summed E-state index contributed by atoms with van der Waals surface area (Å²) in [5.74, 6) is 0.418. The van der Waals surface area contributed by atoms with E-state index in [2.05, 4.69) is 24.0 Å². The first-order valence-electron chi connectivity index (χ1n) is 7.35. The Balaban J connectivity index is 2.11. The number of esters is 1. The Morgan fingerprint density at radius 3 is 2.67 bits per heavy atom. The SMILES string of the molecule is CCOC(=O)c1oc(CCc2ccccc2C)nc1CC. The normalized spacial score (nSPS) is 10.6. The molecule has 0 saturated heterocycles. The molecule has 0 saturated carbocycles. The molecular weight excluding hydrogens is 266 g/mol. The standard InChI is InChI=1S/C17H21NO3/c1-4-14-16(17(19)20-5-2)21-15(18-14)11-10-13-9-7-6-8-12(13)3/h6-9H,4-5,10-11H2,1-3H3. The molecule has 0 radical (unpaired) electrons. The van der Waals surface area contributed by atoms with Crippen LogP contribution in [0.4, 0.5) is 0 Å². The van der Waals surface area contributed by atoms with Gasteiger partial charge >= 0.3 is 5.97 Å². The third kappa shape index (κ3) is 3.72. The molecule has 4 heteroatoms. The first-order valence-corrected chi connectivity index (χ1v) is 7.35. The molecule has 0 spiro atoms. The van der Waals surface area contributed by atoms with Crippen LogP contribution in [0, 0.1) is 6.92 Å². The number of nitrogens with zero attached hydrogens (tertiary/aromatic N) is 1. The second-order valence-corrected chi connectivity index (χ2v) is 4.88. The fraction of sp³-hybridized carbons (Fsp3) is 0.412. The van der Waals surface area contributed by atoms with Gasteiger partial charge in [0, 0.05) is 6.42 Å². The number of aromatic nitrogens is 1. The van der Waals surface area contributed by atoms with Crippen molar-refractivity contribution in [3.63, 3.8) is 0 Å². The van der Waals surface area contributed by atoms with Crippen molar-refractivity contribution in [2.75, 3.05) is 6.61 Å². The van der Waals surface area contributed by atoms with E-state index in [4.69, 9.17) is 9.15 Å². The van der Waals surface area contributed by atoms with Crippen molar-refractivity contribution in [1.82, 2.24) is 4.98 Å². The number of rotatable bonds is 6. The molecule has 0 unspecified atom stereocenters. The van der Waals surface area contributed by atoms with Gasteiger partial charge in [-0.25, -0.2) is 9.78 Å². The molecule has 0 aliphatic heterocycles. The minimum atomic E-state index is -0.427. The molecule has 1 aromatic carbocycles. The van der Waals surface area contributed by atoms with E-state index in [0.717, 1.165) is 6.42 Å². The fourth-order valence-corrected chi connectivity index (χ4v) is 2.24. The van der Waals surface area contributed by atoms with Gasteiger partial charge in [0.1, 0.15) is 0 Å². The van der Waals surface area contributed by atoms with Gasteiger partial charge < -0.3 is 9.15 Å². The maximum atomic E-state index is 11.8. The number of carbonyl (C=O) groups excluding carboxylic acids is 1. The highest BCUT2D eigenvalue weighted by Gasteiger charge is 2.20. The van der Waals surface area contributed by atoms with Gasteiger partial charge in [0.25, 0.3) is 0 Å². The highest BCUT2D eigenvalue weighted by Crippen LogP contribution is 2.16. The van der Waals surface area contributed by atoms with Gasteiger partial charge in [-0.1, -0.05) is 31.2 Å². The van der Waals surface area contributed by atoms with Gasteiger partial charge in [-0.2, -0.15) is 0 Å². The van der Waals surface area contributed by atoms with Gasteiger partial charge in [0.05, 0.1) is 12.3 Å². The second kappa shape index (κ2) is 7.07. The van der Waals surface area contributed by atoms with Crippen LogP contribution in [0.15, 0.2) is 28.7 Å². The summed E-state index contributed by atoms with van der Waals surface area (Å²) in [4.78, 5) is 16.2. The van der Waals surface area contributed by atoms with E-state index < -0.39 is 5.97 Å². The molecule has 0 aliphatic carbocycles. The Kier molecular flexibility index (Phi) is 5.14. The van der Waals surface area contributed by atoms with E-state index in [1.54, 1.807) is 6.92 Å². The molecule has 21 heavy (non-hydrogen) atoms. The van der Waals surface area contributed by atoms with E-state index in [9.17, 15) is 4.79 Å². The summed E-state index contributed by atoms with van der Waals surface area (Å²) >= 11 is 0. The molecule has 1 aromatic heterocycles. The summed E-state index contributed by atoms with van der Waals surface area (Å²) < 4.78 is 10.6. The molecular formula is C17H21NO3. The van der Waals surface area contributed by atoms with Gasteiger partial charge in [0.2, 0.25) is 5.76 Å². The van der Waals surface area contributed by atoms with Crippen molar-refractivity contribution in [2.24, 2.45) is 0 Å². The second-order valence-electron chi connectivity index (χ2n) is 4.88. The van der Waals surface area contributed by atoms with Crippen molar-refractivity contribution in [2.45, 2.75) is 40.0 Å². The lowest BCUT2D eigenvalue weighted by atomic mass is 10.0. The zero-order valence-corrected chi connectivity index (χ0v) is 12.8. The van der Waals surface area contributed by atoms with Crippen molar-refractivity contribution in [3.8, 4) is 0 Å². The molecule has 112 valence electrons. The number of ether oxygens (including phenoxy) is 1. The number of oxazole rings is 1. The highest BCUT2D eigenvalue weighted by atomic mass is 16.5. The minimum Gasteiger partial charge on any atom is -0.460 e. The maximum Gasteiger partial charge on any atom is 0.376 e. The number of carbonyl (C=O) groups is 1. The van der Waals surface area contributed by atoms with Crippen molar-refractivity contribution in [3.05, 3.63) is 52.7 Å². The van der Waals surface area contributed by atoms with Crippen molar-refractivity contribution >= 4 is 5.97 Å². The van der Waals surface area contributed by atoms with Crippen LogP contribution in [0.1, 0.15) is 47.1 Å². The van der Waals surface area contributed by atoms with E-state index >= 15 is 0 Å². The molecule has 0 aliphatic rings.